The van der Waals surface area contributed by atoms with E-state index < -0.39 is 17.9 Å². The van der Waals surface area contributed by atoms with E-state index in [2.05, 4.69) is 27.6 Å². The summed E-state index contributed by atoms with van der Waals surface area (Å²) in [6.07, 6.45) is 1.24. The van der Waals surface area contributed by atoms with Gasteiger partial charge in [0.2, 0.25) is 0 Å². The van der Waals surface area contributed by atoms with Crippen molar-refractivity contribution in [2.45, 2.75) is 13.0 Å². The quantitative estimate of drug-likeness (QED) is 0.638. The van der Waals surface area contributed by atoms with Gasteiger partial charge in [0.15, 0.2) is 0 Å². The number of aromatic nitrogens is 1. The Morgan fingerprint density at radius 2 is 2.40 bits per heavy atom. The molecule has 1 atom stereocenters. The lowest BCUT2D eigenvalue weighted by molar-refractivity contribution is -0.138. The summed E-state index contributed by atoms with van der Waals surface area (Å²) >= 11 is 3.82. The van der Waals surface area contributed by atoms with E-state index >= 15 is 0 Å². The molecule has 1 rings (SSSR count). The van der Waals surface area contributed by atoms with Crippen molar-refractivity contribution >= 4 is 24.5 Å². The fourth-order valence-electron chi connectivity index (χ4n) is 0.938. The van der Waals surface area contributed by atoms with E-state index in [1.165, 1.54) is 6.20 Å². The average Bonchev–Trinajstić information content (AvgIpc) is 2.60. The second-order valence-electron chi connectivity index (χ2n) is 2.84. The minimum absolute atomic E-state index is 0.0192. The van der Waals surface area contributed by atoms with E-state index in [1.54, 1.807) is 6.92 Å². The molecule has 82 valence electrons. The van der Waals surface area contributed by atoms with E-state index in [0.717, 1.165) is 0 Å². The van der Waals surface area contributed by atoms with Gasteiger partial charge in [-0.05, 0) is 6.92 Å². The number of carboxylic acids is 1. The largest absolute Gasteiger partial charge is 0.480 e. The van der Waals surface area contributed by atoms with Crippen LogP contribution in [-0.4, -0.2) is 33.9 Å². The van der Waals surface area contributed by atoms with Crippen molar-refractivity contribution in [1.82, 2.24) is 10.5 Å². The van der Waals surface area contributed by atoms with Crippen molar-refractivity contribution in [3.05, 3.63) is 17.5 Å². The van der Waals surface area contributed by atoms with E-state index in [9.17, 15) is 9.59 Å². The Kier molecular flexibility index (Phi) is 3.73. The minimum Gasteiger partial charge on any atom is -0.480 e. The maximum Gasteiger partial charge on any atom is 0.327 e. The Balaban J connectivity index is 2.71. The summed E-state index contributed by atoms with van der Waals surface area (Å²) in [5.74, 6) is -1.30. The van der Waals surface area contributed by atoms with Crippen LogP contribution in [0.15, 0.2) is 10.7 Å². The van der Waals surface area contributed by atoms with Crippen LogP contribution in [0, 0.1) is 6.92 Å². The molecule has 6 nitrogen and oxygen atoms in total. The highest BCUT2D eigenvalue weighted by molar-refractivity contribution is 7.80. The van der Waals surface area contributed by atoms with E-state index in [4.69, 9.17) is 5.11 Å². The van der Waals surface area contributed by atoms with Gasteiger partial charge in [-0.25, -0.2) is 4.79 Å². The normalized spacial score (nSPS) is 12.1. The number of carbonyl (C=O) groups is 2. The second-order valence-corrected chi connectivity index (χ2v) is 3.21. The van der Waals surface area contributed by atoms with Crippen LogP contribution in [0.3, 0.4) is 0 Å². The van der Waals surface area contributed by atoms with E-state index in [0.29, 0.717) is 5.76 Å². The summed E-state index contributed by atoms with van der Waals surface area (Å²) < 4.78 is 4.68. The van der Waals surface area contributed by atoms with Crippen LogP contribution < -0.4 is 5.32 Å². The molecule has 0 saturated heterocycles. The molecule has 1 heterocycles. The fourth-order valence-corrected chi connectivity index (χ4v) is 1.19. The van der Waals surface area contributed by atoms with Gasteiger partial charge >= 0.3 is 5.97 Å². The summed E-state index contributed by atoms with van der Waals surface area (Å²) in [5, 5.41) is 14.4. The molecule has 0 aromatic carbocycles. The zero-order valence-electron chi connectivity index (χ0n) is 7.93. The molecular formula is C8H10N2O4S. The number of carboxylic acid groups (broad SMARTS) is 1. The first-order chi connectivity index (χ1) is 7.06. The Morgan fingerprint density at radius 1 is 1.73 bits per heavy atom. The minimum atomic E-state index is -1.13. The van der Waals surface area contributed by atoms with Crippen molar-refractivity contribution in [3.63, 3.8) is 0 Å². The van der Waals surface area contributed by atoms with Crippen LogP contribution in [-0.2, 0) is 4.79 Å². The third-order valence-electron chi connectivity index (χ3n) is 1.78. The highest BCUT2D eigenvalue weighted by Crippen LogP contribution is 2.05. The number of aryl methyl sites for hydroxylation is 1. The molecule has 15 heavy (non-hydrogen) atoms. The van der Waals surface area contributed by atoms with Crippen molar-refractivity contribution in [2.75, 3.05) is 5.75 Å². The number of hydrogen-bond donors (Lipinski definition) is 3. The lowest BCUT2D eigenvalue weighted by Crippen LogP contribution is -2.42. The second kappa shape index (κ2) is 4.83. The standard InChI is InChI=1S/C8H10N2O4S/c1-4-5(2-9-14-4)7(11)10-6(3-15)8(12)13/h2,6,15H,3H2,1H3,(H,10,11)(H,12,13). The van der Waals surface area contributed by atoms with Gasteiger partial charge < -0.3 is 14.9 Å². The summed E-state index contributed by atoms with van der Waals surface area (Å²) in [6.45, 7) is 1.57. The highest BCUT2D eigenvalue weighted by atomic mass is 32.1. The molecule has 0 radical (unpaired) electrons. The molecule has 1 aromatic rings. The SMILES string of the molecule is Cc1oncc1C(=O)NC(CS)C(=O)O. The van der Waals surface area contributed by atoms with E-state index in [-0.39, 0.29) is 11.3 Å². The predicted molar refractivity (Wildman–Crippen MR) is 54.0 cm³/mol. The van der Waals surface area contributed by atoms with Gasteiger partial charge in [0.1, 0.15) is 17.4 Å². The molecule has 2 N–H and O–H groups in total. The molecule has 0 aliphatic rings. The number of aliphatic carboxylic acids is 1. The summed E-state index contributed by atoms with van der Waals surface area (Å²) in [5.41, 5.74) is 0.225. The molecule has 0 aliphatic carbocycles. The van der Waals surface area contributed by atoms with Gasteiger partial charge in [-0.2, -0.15) is 12.6 Å². The third-order valence-corrected chi connectivity index (χ3v) is 2.15. The first-order valence-corrected chi connectivity index (χ1v) is 4.75. The number of thiol groups is 1. The zero-order chi connectivity index (χ0) is 11.4. The van der Waals surface area contributed by atoms with Crippen LogP contribution in [0.1, 0.15) is 16.1 Å². The average molecular weight is 230 g/mol. The maximum absolute atomic E-state index is 11.5. The Labute approximate surface area is 91.0 Å². The first kappa shape index (κ1) is 11.6. The molecular weight excluding hydrogens is 220 g/mol. The highest BCUT2D eigenvalue weighted by Gasteiger charge is 2.21. The van der Waals surface area contributed by atoms with Crippen molar-refractivity contribution in [1.29, 1.82) is 0 Å². The predicted octanol–water partition coefficient (Wildman–Crippen LogP) is 0.0958. The zero-order valence-corrected chi connectivity index (χ0v) is 8.82. The van der Waals surface area contributed by atoms with Crippen molar-refractivity contribution < 1.29 is 19.2 Å². The van der Waals surface area contributed by atoms with Gasteiger partial charge in [0, 0.05) is 5.75 Å². The number of nitrogens with one attached hydrogen (secondary N) is 1. The lowest BCUT2D eigenvalue weighted by Gasteiger charge is -2.10. The monoisotopic (exact) mass is 230 g/mol. The van der Waals surface area contributed by atoms with Crippen molar-refractivity contribution in [2.24, 2.45) is 0 Å². The van der Waals surface area contributed by atoms with Crippen LogP contribution in [0.2, 0.25) is 0 Å². The van der Waals surface area contributed by atoms with Gasteiger partial charge in [-0.15, -0.1) is 0 Å². The maximum atomic E-state index is 11.5. The Hall–Kier alpha value is -1.50. The molecule has 0 fully saturated rings. The lowest BCUT2D eigenvalue weighted by atomic mass is 10.2. The number of hydrogen-bond acceptors (Lipinski definition) is 5. The molecule has 0 saturated carbocycles. The fraction of sp³-hybridized carbons (Fsp3) is 0.375. The number of carbonyl (C=O) groups excluding carboxylic acids is 1. The molecule has 7 heteroatoms. The molecule has 1 amide bonds. The van der Waals surface area contributed by atoms with Crippen LogP contribution >= 0.6 is 12.6 Å². The molecule has 0 aliphatic heterocycles. The summed E-state index contributed by atoms with van der Waals surface area (Å²) in [7, 11) is 0. The van der Waals surface area contributed by atoms with Gasteiger partial charge in [-0.3, -0.25) is 4.79 Å². The Bertz CT molecular complexity index is 376. The van der Waals surface area contributed by atoms with Gasteiger partial charge in [0.05, 0.1) is 6.20 Å². The third kappa shape index (κ3) is 2.72. The smallest absolute Gasteiger partial charge is 0.327 e. The molecule has 0 spiro atoms. The number of nitrogens with zero attached hydrogens (tertiary/aromatic N) is 1. The van der Waals surface area contributed by atoms with E-state index in [1.807, 2.05) is 0 Å². The van der Waals surface area contributed by atoms with Crippen LogP contribution in [0.5, 0.6) is 0 Å². The van der Waals surface area contributed by atoms with Gasteiger partial charge in [-0.1, -0.05) is 5.16 Å². The molecule has 1 unspecified atom stereocenters. The topological polar surface area (TPSA) is 92.4 Å². The first-order valence-electron chi connectivity index (χ1n) is 4.12. The van der Waals surface area contributed by atoms with Crippen LogP contribution in [0.4, 0.5) is 0 Å². The van der Waals surface area contributed by atoms with Gasteiger partial charge in [0.25, 0.3) is 5.91 Å². The van der Waals surface area contributed by atoms with Crippen molar-refractivity contribution in [3.8, 4) is 0 Å². The number of rotatable bonds is 4. The number of amides is 1. The summed E-state index contributed by atoms with van der Waals surface area (Å²) in [4.78, 5) is 22.1. The van der Waals surface area contributed by atoms with Crippen LogP contribution in [0.25, 0.3) is 0 Å². The molecule has 1 aromatic heterocycles. The molecule has 0 bridgehead atoms. The Morgan fingerprint density at radius 3 is 2.80 bits per heavy atom. The summed E-state index contributed by atoms with van der Waals surface area (Å²) in [6, 6.07) is -1.02.